The first-order chi connectivity index (χ1) is 12.5. The lowest BCUT2D eigenvalue weighted by Gasteiger charge is -2.09. The summed E-state index contributed by atoms with van der Waals surface area (Å²) in [6, 6.07) is 10.9. The van der Waals surface area contributed by atoms with E-state index in [4.69, 9.17) is 16.3 Å². The standard InChI is InChI=1S/C19H18ClN3O3/c1-3-26-19(25)17(20)15-9-8-12(10-21-15)22-18(24)14-11-23(2)16-7-5-4-6-13(14)16/h4-11,17H,3H2,1-2H3,(H,22,24). The molecule has 1 aromatic carbocycles. The van der Waals surface area contributed by atoms with Crippen LogP contribution in [0.25, 0.3) is 10.9 Å². The molecule has 26 heavy (non-hydrogen) atoms. The average molecular weight is 372 g/mol. The first kappa shape index (κ1) is 17.9. The van der Waals surface area contributed by atoms with Gasteiger partial charge in [0.15, 0.2) is 5.38 Å². The Bertz CT molecular complexity index is 950. The third-order valence-electron chi connectivity index (χ3n) is 3.94. The fourth-order valence-corrected chi connectivity index (χ4v) is 2.88. The summed E-state index contributed by atoms with van der Waals surface area (Å²) < 4.78 is 6.78. The molecule has 0 saturated carbocycles. The van der Waals surface area contributed by atoms with Crippen LogP contribution in [0.1, 0.15) is 28.4 Å². The van der Waals surface area contributed by atoms with E-state index in [0.29, 0.717) is 16.9 Å². The molecule has 2 aromatic heterocycles. The van der Waals surface area contributed by atoms with Crippen molar-refractivity contribution in [3.63, 3.8) is 0 Å². The number of carbonyl (C=O) groups excluding carboxylic acids is 2. The molecular weight excluding hydrogens is 354 g/mol. The number of hydrogen-bond donors (Lipinski definition) is 1. The first-order valence-electron chi connectivity index (χ1n) is 8.13. The van der Waals surface area contributed by atoms with Crippen LogP contribution >= 0.6 is 11.6 Å². The number of alkyl halides is 1. The molecule has 1 unspecified atom stereocenters. The lowest BCUT2D eigenvalue weighted by Crippen LogP contribution is -2.14. The Labute approximate surface area is 155 Å². The van der Waals surface area contributed by atoms with Crippen LogP contribution in [0.15, 0.2) is 48.8 Å². The van der Waals surface area contributed by atoms with E-state index in [1.165, 1.54) is 6.20 Å². The minimum absolute atomic E-state index is 0.232. The molecule has 1 amide bonds. The van der Waals surface area contributed by atoms with Gasteiger partial charge in [-0.15, -0.1) is 11.6 Å². The number of nitrogens with one attached hydrogen (secondary N) is 1. The van der Waals surface area contributed by atoms with Gasteiger partial charge in [-0.25, -0.2) is 0 Å². The van der Waals surface area contributed by atoms with Crippen molar-refractivity contribution in [1.82, 2.24) is 9.55 Å². The van der Waals surface area contributed by atoms with E-state index in [0.717, 1.165) is 10.9 Å². The van der Waals surface area contributed by atoms with E-state index >= 15 is 0 Å². The zero-order valence-electron chi connectivity index (χ0n) is 14.4. The van der Waals surface area contributed by atoms with Gasteiger partial charge in [0.05, 0.1) is 29.7 Å². The van der Waals surface area contributed by atoms with E-state index in [2.05, 4.69) is 10.3 Å². The number of aryl methyl sites for hydroxylation is 1. The molecule has 6 nitrogen and oxygen atoms in total. The lowest BCUT2D eigenvalue weighted by molar-refractivity contribution is -0.142. The molecule has 1 N–H and O–H groups in total. The van der Waals surface area contributed by atoms with Crippen LogP contribution in [0.4, 0.5) is 5.69 Å². The van der Waals surface area contributed by atoms with Crippen LogP contribution in [0.5, 0.6) is 0 Å². The van der Waals surface area contributed by atoms with Crippen molar-refractivity contribution >= 4 is 40.1 Å². The van der Waals surface area contributed by atoms with E-state index in [9.17, 15) is 9.59 Å². The van der Waals surface area contributed by atoms with Crippen LogP contribution in [0, 0.1) is 0 Å². The maximum atomic E-state index is 12.6. The molecule has 3 aromatic rings. The zero-order valence-corrected chi connectivity index (χ0v) is 15.2. The van der Waals surface area contributed by atoms with Gasteiger partial charge in [-0.2, -0.15) is 0 Å². The highest BCUT2D eigenvalue weighted by Crippen LogP contribution is 2.23. The molecule has 134 valence electrons. The second-order valence-electron chi connectivity index (χ2n) is 5.71. The van der Waals surface area contributed by atoms with Gasteiger partial charge >= 0.3 is 5.97 Å². The smallest absolute Gasteiger partial charge is 0.330 e. The fourth-order valence-electron chi connectivity index (χ4n) is 2.69. The van der Waals surface area contributed by atoms with Crippen LogP contribution in [0.3, 0.4) is 0 Å². The molecule has 1 atom stereocenters. The summed E-state index contributed by atoms with van der Waals surface area (Å²) >= 11 is 6.03. The molecule has 0 saturated heterocycles. The Hall–Kier alpha value is -2.86. The molecule has 0 bridgehead atoms. The van der Waals surface area contributed by atoms with Crippen LogP contribution in [-0.4, -0.2) is 28.0 Å². The highest BCUT2D eigenvalue weighted by molar-refractivity contribution is 6.29. The van der Waals surface area contributed by atoms with Gasteiger partial charge in [0.1, 0.15) is 0 Å². The van der Waals surface area contributed by atoms with Crippen molar-refractivity contribution in [3.8, 4) is 0 Å². The molecule has 2 heterocycles. The van der Waals surface area contributed by atoms with Crippen molar-refractivity contribution in [3.05, 3.63) is 60.0 Å². The van der Waals surface area contributed by atoms with Gasteiger partial charge in [0.25, 0.3) is 5.91 Å². The van der Waals surface area contributed by atoms with Gasteiger partial charge < -0.3 is 14.6 Å². The molecule has 0 aliphatic heterocycles. The number of pyridine rings is 1. The minimum atomic E-state index is -0.974. The van der Waals surface area contributed by atoms with Gasteiger partial charge in [-0.05, 0) is 25.1 Å². The molecule has 0 radical (unpaired) electrons. The number of aromatic nitrogens is 2. The Morgan fingerprint density at radius 2 is 2.04 bits per heavy atom. The Morgan fingerprint density at radius 3 is 2.73 bits per heavy atom. The fraction of sp³-hybridized carbons (Fsp3) is 0.211. The monoisotopic (exact) mass is 371 g/mol. The maximum Gasteiger partial charge on any atom is 0.330 e. The van der Waals surface area contributed by atoms with Gasteiger partial charge in [0, 0.05) is 24.1 Å². The second-order valence-corrected chi connectivity index (χ2v) is 6.15. The summed E-state index contributed by atoms with van der Waals surface area (Å²) in [5, 5.41) is 2.71. The van der Waals surface area contributed by atoms with Crippen molar-refractivity contribution in [2.75, 3.05) is 11.9 Å². The number of carbonyl (C=O) groups is 2. The number of fused-ring (bicyclic) bond motifs is 1. The van der Waals surface area contributed by atoms with Gasteiger partial charge in [0.2, 0.25) is 0 Å². The van der Waals surface area contributed by atoms with Gasteiger partial charge in [-0.1, -0.05) is 18.2 Å². The highest BCUT2D eigenvalue weighted by atomic mass is 35.5. The summed E-state index contributed by atoms with van der Waals surface area (Å²) in [5.74, 6) is -0.779. The topological polar surface area (TPSA) is 73.2 Å². The van der Waals surface area contributed by atoms with Crippen molar-refractivity contribution in [1.29, 1.82) is 0 Å². The second kappa shape index (κ2) is 7.58. The summed E-state index contributed by atoms with van der Waals surface area (Å²) in [4.78, 5) is 28.4. The van der Waals surface area contributed by atoms with E-state index in [1.54, 1.807) is 25.3 Å². The number of rotatable bonds is 5. The van der Waals surface area contributed by atoms with Crippen LogP contribution in [0.2, 0.25) is 0 Å². The predicted molar refractivity (Wildman–Crippen MR) is 100 cm³/mol. The lowest BCUT2D eigenvalue weighted by atomic mass is 10.1. The van der Waals surface area contributed by atoms with E-state index in [1.807, 2.05) is 35.9 Å². The van der Waals surface area contributed by atoms with Crippen molar-refractivity contribution in [2.24, 2.45) is 7.05 Å². The van der Waals surface area contributed by atoms with Crippen LogP contribution < -0.4 is 5.32 Å². The zero-order chi connectivity index (χ0) is 18.7. The Morgan fingerprint density at radius 1 is 1.27 bits per heavy atom. The van der Waals surface area contributed by atoms with Crippen molar-refractivity contribution in [2.45, 2.75) is 12.3 Å². The highest BCUT2D eigenvalue weighted by Gasteiger charge is 2.20. The number of hydrogen-bond acceptors (Lipinski definition) is 4. The third-order valence-corrected chi connectivity index (χ3v) is 4.34. The minimum Gasteiger partial charge on any atom is -0.465 e. The Balaban J connectivity index is 1.76. The van der Waals surface area contributed by atoms with E-state index < -0.39 is 11.3 Å². The number of para-hydroxylation sites is 1. The number of anilines is 1. The summed E-state index contributed by atoms with van der Waals surface area (Å²) in [5.41, 5.74) is 2.44. The molecule has 0 aliphatic carbocycles. The summed E-state index contributed by atoms with van der Waals surface area (Å²) in [6.45, 7) is 1.96. The predicted octanol–water partition coefficient (Wildman–Crippen LogP) is 3.67. The Kier molecular flexibility index (Phi) is 5.23. The first-order valence-corrected chi connectivity index (χ1v) is 8.57. The largest absolute Gasteiger partial charge is 0.465 e. The molecule has 7 heteroatoms. The number of nitrogens with zero attached hydrogens (tertiary/aromatic N) is 2. The normalized spacial score (nSPS) is 12.0. The average Bonchev–Trinajstić information content (AvgIpc) is 2.99. The quantitative estimate of drug-likeness (QED) is 0.548. The molecule has 3 rings (SSSR count). The molecule has 0 spiro atoms. The number of halogens is 1. The summed E-state index contributed by atoms with van der Waals surface area (Å²) in [7, 11) is 1.89. The number of benzene rings is 1. The number of amides is 1. The molecule has 0 fully saturated rings. The van der Waals surface area contributed by atoms with Crippen LogP contribution in [-0.2, 0) is 16.6 Å². The third kappa shape index (κ3) is 3.55. The number of esters is 1. The van der Waals surface area contributed by atoms with E-state index in [-0.39, 0.29) is 12.5 Å². The number of ether oxygens (including phenoxy) is 1. The maximum absolute atomic E-state index is 12.6. The van der Waals surface area contributed by atoms with Gasteiger partial charge in [-0.3, -0.25) is 14.6 Å². The SMILES string of the molecule is CCOC(=O)C(Cl)c1ccc(NC(=O)c2cn(C)c3ccccc23)cn1. The summed E-state index contributed by atoms with van der Waals surface area (Å²) in [6.07, 6.45) is 3.25. The molecule has 0 aliphatic rings. The van der Waals surface area contributed by atoms with Crippen molar-refractivity contribution < 1.29 is 14.3 Å². The molecular formula is C19H18ClN3O3.